The standard InChI is InChI=1S/C19H20N4O4/c1-12-15(13(2)22(3)21-12)10-23(19(24)17-7-8-20-27-17)9-14-5-4-6-16-18(14)26-11-25-16/h4-8H,9-11H2,1-3H3. The Hall–Kier alpha value is -3.29. The summed E-state index contributed by atoms with van der Waals surface area (Å²) in [6.45, 7) is 4.86. The van der Waals surface area contributed by atoms with Gasteiger partial charge in [-0.3, -0.25) is 9.48 Å². The molecule has 0 aliphatic carbocycles. The minimum Gasteiger partial charge on any atom is -0.454 e. The lowest BCUT2D eigenvalue weighted by Crippen LogP contribution is -2.30. The molecular formula is C19H20N4O4. The summed E-state index contributed by atoms with van der Waals surface area (Å²) in [6, 6.07) is 7.23. The molecular weight excluding hydrogens is 348 g/mol. The number of rotatable bonds is 5. The van der Waals surface area contributed by atoms with E-state index in [9.17, 15) is 4.79 Å². The number of benzene rings is 1. The SMILES string of the molecule is Cc1nn(C)c(C)c1CN(Cc1cccc2c1OCO2)C(=O)c1ccno1. The molecule has 1 aliphatic rings. The van der Waals surface area contributed by atoms with Gasteiger partial charge in [0.1, 0.15) is 0 Å². The average Bonchev–Trinajstić information content (AvgIpc) is 3.39. The Balaban J connectivity index is 1.68. The third-order valence-electron chi connectivity index (χ3n) is 4.78. The van der Waals surface area contributed by atoms with Crippen LogP contribution in [0.1, 0.15) is 33.1 Å². The summed E-state index contributed by atoms with van der Waals surface area (Å²) in [4.78, 5) is 14.7. The van der Waals surface area contributed by atoms with Gasteiger partial charge in [-0.1, -0.05) is 17.3 Å². The molecule has 0 fully saturated rings. The number of ether oxygens (including phenoxy) is 2. The number of hydrogen-bond acceptors (Lipinski definition) is 6. The summed E-state index contributed by atoms with van der Waals surface area (Å²) in [5.41, 5.74) is 3.79. The highest BCUT2D eigenvalue weighted by molar-refractivity contribution is 5.91. The van der Waals surface area contributed by atoms with Crippen LogP contribution in [0.2, 0.25) is 0 Å². The van der Waals surface area contributed by atoms with E-state index in [4.69, 9.17) is 14.0 Å². The lowest BCUT2D eigenvalue weighted by atomic mass is 10.1. The molecule has 0 saturated carbocycles. The number of para-hydroxylation sites is 1. The molecule has 1 aromatic carbocycles. The van der Waals surface area contributed by atoms with Crippen molar-refractivity contribution in [2.75, 3.05) is 6.79 Å². The zero-order valence-electron chi connectivity index (χ0n) is 15.4. The lowest BCUT2D eigenvalue weighted by molar-refractivity contribution is 0.0685. The summed E-state index contributed by atoms with van der Waals surface area (Å²) >= 11 is 0. The minimum atomic E-state index is -0.244. The molecule has 140 valence electrons. The van der Waals surface area contributed by atoms with Crippen LogP contribution in [-0.4, -0.2) is 32.5 Å². The lowest BCUT2D eigenvalue weighted by Gasteiger charge is -2.22. The van der Waals surface area contributed by atoms with Gasteiger partial charge in [0, 0.05) is 29.9 Å². The third-order valence-corrected chi connectivity index (χ3v) is 4.78. The highest BCUT2D eigenvalue weighted by Crippen LogP contribution is 2.36. The van der Waals surface area contributed by atoms with E-state index in [1.54, 1.807) is 11.0 Å². The van der Waals surface area contributed by atoms with Crippen molar-refractivity contribution in [3.05, 3.63) is 58.7 Å². The molecule has 3 heterocycles. The molecule has 0 unspecified atom stereocenters. The molecule has 4 rings (SSSR count). The largest absolute Gasteiger partial charge is 0.454 e. The summed E-state index contributed by atoms with van der Waals surface area (Å²) in [6.07, 6.45) is 1.46. The van der Waals surface area contributed by atoms with E-state index in [-0.39, 0.29) is 18.5 Å². The highest BCUT2D eigenvalue weighted by Gasteiger charge is 2.25. The van der Waals surface area contributed by atoms with Gasteiger partial charge in [-0.2, -0.15) is 5.10 Å². The Morgan fingerprint density at radius 3 is 2.78 bits per heavy atom. The van der Waals surface area contributed by atoms with Crippen molar-refractivity contribution in [3.63, 3.8) is 0 Å². The van der Waals surface area contributed by atoms with Crippen LogP contribution >= 0.6 is 0 Å². The molecule has 0 N–H and O–H groups in total. The number of fused-ring (bicyclic) bond motifs is 1. The fourth-order valence-corrected chi connectivity index (χ4v) is 3.24. The van der Waals surface area contributed by atoms with Crippen molar-refractivity contribution in [2.45, 2.75) is 26.9 Å². The zero-order chi connectivity index (χ0) is 19.0. The van der Waals surface area contributed by atoms with Crippen LogP contribution in [0, 0.1) is 13.8 Å². The van der Waals surface area contributed by atoms with Gasteiger partial charge in [0.25, 0.3) is 5.91 Å². The average molecular weight is 368 g/mol. The van der Waals surface area contributed by atoms with Gasteiger partial charge < -0.3 is 18.9 Å². The van der Waals surface area contributed by atoms with E-state index in [1.165, 1.54) is 6.20 Å². The van der Waals surface area contributed by atoms with Crippen molar-refractivity contribution in [1.29, 1.82) is 0 Å². The van der Waals surface area contributed by atoms with E-state index in [0.717, 1.165) is 22.5 Å². The van der Waals surface area contributed by atoms with Crippen molar-refractivity contribution in [3.8, 4) is 11.5 Å². The summed E-state index contributed by atoms with van der Waals surface area (Å²) in [5.74, 6) is 1.31. The predicted molar refractivity (Wildman–Crippen MR) is 95.3 cm³/mol. The molecule has 0 saturated heterocycles. The Morgan fingerprint density at radius 1 is 1.22 bits per heavy atom. The second kappa shape index (κ2) is 6.79. The number of carbonyl (C=O) groups is 1. The molecule has 3 aromatic rings. The van der Waals surface area contributed by atoms with Gasteiger partial charge in [0.2, 0.25) is 12.6 Å². The van der Waals surface area contributed by atoms with Crippen LogP contribution in [0.3, 0.4) is 0 Å². The van der Waals surface area contributed by atoms with Crippen LogP contribution in [0.15, 0.2) is 35.0 Å². The zero-order valence-corrected chi connectivity index (χ0v) is 15.4. The Labute approximate surface area is 156 Å². The highest BCUT2D eigenvalue weighted by atomic mass is 16.7. The van der Waals surface area contributed by atoms with Crippen molar-refractivity contribution in [2.24, 2.45) is 7.05 Å². The molecule has 1 amide bonds. The molecule has 8 heteroatoms. The molecule has 0 bridgehead atoms. The molecule has 0 spiro atoms. The molecule has 8 nitrogen and oxygen atoms in total. The predicted octanol–water partition coefficient (Wildman–Crippen LogP) is 2.60. The monoisotopic (exact) mass is 368 g/mol. The van der Waals surface area contributed by atoms with Crippen molar-refractivity contribution in [1.82, 2.24) is 19.8 Å². The number of carbonyl (C=O) groups excluding carboxylic acids is 1. The van der Waals surface area contributed by atoms with Gasteiger partial charge in [0.05, 0.1) is 25.0 Å². The second-order valence-electron chi connectivity index (χ2n) is 6.46. The maximum absolute atomic E-state index is 13.0. The van der Waals surface area contributed by atoms with Crippen molar-refractivity contribution >= 4 is 5.91 Å². The van der Waals surface area contributed by atoms with Gasteiger partial charge in [-0.15, -0.1) is 0 Å². The van der Waals surface area contributed by atoms with Crippen LogP contribution in [0.5, 0.6) is 11.5 Å². The quantitative estimate of drug-likeness (QED) is 0.688. The third kappa shape index (κ3) is 3.14. The van der Waals surface area contributed by atoms with Gasteiger partial charge in [-0.05, 0) is 19.9 Å². The minimum absolute atomic E-state index is 0.184. The summed E-state index contributed by atoms with van der Waals surface area (Å²) < 4.78 is 17.9. The van der Waals surface area contributed by atoms with Crippen molar-refractivity contribution < 1.29 is 18.8 Å². The van der Waals surface area contributed by atoms with E-state index >= 15 is 0 Å². The van der Waals surface area contributed by atoms with Crippen LogP contribution in [0.4, 0.5) is 0 Å². The summed E-state index contributed by atoms with van der Waals surface area (Å²) in [5, 5.41) is 8.10. The van der Waals surface area contributed by atoms with Gasteiger partial charge in [-0.25, -0.2) is 0 Å². The Bertz CT molecular complexity index is 978. The van der Waals surface area contributed by atoms with E-state index < -0.39 is 0 Å². The first-order chi connectivity index (χ1) is 13.0. The Kier molecular flexibility index (Phi) is 4.31. The van der Waals surface area contributed by atoms with E-state index in [1.807, 2.05) is 43.8 Å². The first kappa shape index (κ1) is 17.1. The maximum Gasteiger partial charge on any atom is 0.293 e. The normalized spacial score (nSPS) is 12.4. The van der Waals surface area contributed by atoms with E-state index in [0.29, 0.717) is 24.6 Å². The molecule has 0 radical (unpaired) electrons. The van der Waals surface area contributed by atoms with Crippen LogP contribution in [-0.2, 0) is 20.1 Å². The van der Waals surface area contributed by atoms with E-state index in [2.05, 4.69) is 10.3 Å². The fourth-order valence-electron chi connectivity index (χ4n) is 3.24. The molecule has 1 aliphatic heterocycles. The number of aromatic nitrogens is 3. The Morgan fingerprint density at radius 2 is 2.07 bits per heavy atom. The molecule has 27 heavy (non-hydrogen) atoms. The number of amides is 1. The number of aryl methyl sites for hydroxylation is 2. The summed E-state index contributed by atoms with van der Waals surface area (Å²) in [7, 11) is 1.89. The van der Waals surface area contributed by atoms with Gasteiger partial charge >= 0.3 is 0 Å². The molecule has 2 aromatic heterocycles. The van der Waals surface area contributed by atoms with Crippen LogP contribution < -0.4 is 9.47 Å². The first-order valence-electron chi connectivity index (χ1n) is 8.61. The fraction of sp³-hybridized carbons (Fsp3) is 0.316. The number of nitrogens with zero attached hydrogens (tertiary/aromatic N) is 4. The van der Waals surface area contributed by atoms with Gasteiger partial charge in [0.15, 0.2) is 11.5 Å². The first-order valence-corrected chi connectivity index (χ1v) is 8.61. The molecule has 0 atom stereocenters. The topological polar surface area (TPSA) is 82.6 Å². The number of hydrogen-bond donors (Lipinski definition) is 0. The second-order valence-corrected chi connectivity index (χ2v) is 6.46. The van der Waals surface area contributed by atoms with Crippen LogP contribution in [0.25, 0.3) is 0 Å². The smallest absolute Gasteiger partial charge is 0.293 e. The maximum atomic E-state index is 13.0.